The number of carboxylic acids is 1. The van der Waals surface area contributed by atoms with Crippen LogP contribution in [0.25, 0.3) is 6.08 Å². The zero-order valence-corrected chi connectivity index (χ0v) is 10.7. The lowest BCUT2D eigenvalue weighted by Crippen LogP contribution is -1.92. The maximum Gasteiger partial charge on any atom is 0.303 e. The van der Waals surface area contributed by atoms with Gasteiger partial charge >= 0.3 is 5.97 Å². The summed E-state index contributed by atoms with van der Waals surface area (Å²) in [5.41, 5.74) is 0.952. The lowest BCUT2D eigenvalue weighted by atomic mass is 10.1. The number of hydrogen-bond acceptors (Lipinski definition) is 3. The summed E-state index contributed by atoms with van der Waals surface area (Å²) in [6, 6.07) is 5.59. The van der Waals surface area contributed by atoms with Crippen molar-refractivity contribution in [3.05, 3.63) is 29.8 Å². The fraction of sp³-hybridized carbons (Fsp3) is 0.357. The minimum atomic E-state index is -0.759. The molecule has 0 aliphatic carbocycles. The third kappa shape index (κ3) is 4.49. The summed E-state index contributed by atoms with van der Waals surface area (Å²) < 4.78 is 10.4. The Hall–Kier alpha value is -1.97. The van der Waals surface area contributed by atoms with Crippen LogP contribution in [0.15, 0.2) is 24.3 Å². The SMILES string of the molecule is COc1ccc(/C=C/CCCC(=O)O)c(OC)c1. The number of hydrogen-bond donors (Lipinski definition) is 1. The highest BCUT2D eigenvalue weighted by Gasteiger charge is 2.01. The third-order valence-corrected chi connectivity index (χ3v) is 2.50. The zero-order valence-electron chi connectivity index (χ0n) is 10.7. The molecule has 0 unspecified atom stereocenters. The van der Waals surface area contributed by atoms with Gasteiger partial charge in [0.2, 0.25) is 0 Å². The smallest absolute Gasteiger partial charge is 0.303 e. The maximum absolute atomic E-state index is 10.3. The average Bonchev–Trinajstić information content (AvgIpc) is 2.38. The van der Waals surface area contributed by atoms with Crippen molar-refractivity contribution in [2.45, 2.75) is 19.3 Å². The highest BCUT2D eigenvalue weighted by molar-refractivity contribution is 5.66. The van der Waals surface area contributed by atoms with Crippen molar-refractivity contribution in [3.63, 3.8) is 0 Å². The van der Waals surface area contributed by atoms with Gasteiger partial charge in [-0.05, 0) is 25.0 Å². The van der Waals surface area contributed by atoms with E-state index < -0.39 is 5.97 Å². The average molecular weight is 250 g/mol. The molecule has 4 heteroatoms. The van der Waals surface area contributed by atoms with E-state index in [1.807, 2.05) is 30.4 Å². The number of unbranched alkanes of at least 4 members (excludes halogenated alkanes) is 1. The summed E-state index contributed by atoms with van der Waals surface area (Å²) in [6.07, 6.45) is 5.46. The van der Waals surface area contributed by atoms with Crippen LogP contribution in [0.5, 0.6) is 11.5 Å². The predicted molar refractivity (Wildman–Crippen MR) is 70.1 cm³/mol. The van der Waals surface area contributed by atoms with E-state index in [-0.39, 0.29) is 6.42 Å². The Kier molecular flexibility index (Phi) is 5.77. The summed E-state index contributed by atoms with van der Waals surface area (Å²) in [5, 5.41) is 8.51. The highest BCUT2D eigenvalue weighted by Crippen LogP contribution is 2.25. The molecule has 1 aromatic rings. The van der Waals surface area contributed by atoms with E-state index in [2.05, 4.69) is 0 Å². The van der Waals surface area contributed by atoms with Crippen LogP contribution in [0.2, 0.25) is 0 Å². The molecule has 0 saturated carbocycles. The lowest BCUT2D eigenvalue weighted by molar-refractivity contribution is -0.137. The second-order valence-electron chi connectivity index (χ2n) is 3.80. The van der Waals surface area contributed by atoms with E-state index in [0.717, 1.165) is 23.5 Å². The van der Waals surface area contributed by atoms with E-state index in [1.165, 1.54) is 0 Å². The summed E-state index contributed by atoms with van der Waals surface area (Å²) >= 11 is 0. The van der Waals surface area contributed by atoms with E-state index in [0.29, 0.717) is 6.42 Å². The van der Waals surface area contributed by atoms with Crippen molar-refractivity contribution < 1.29 is 19.4 Å². The quantitative estimate of drug-likeness (QED) is 0.756. The molecule has 1 aromatic carbocycles. The van der Waals surface area contributed by atoms with Crippen LogP contribution in [-0.4, -0.2) is 25.3 Å². The van der Waals surface area contributed by atoms with Gasteiger partial charge in [0.05, 0.1) is 14.2 Å². The van der Waals surface area contributed by atoms with Gasteiger partial charge in [-0.2, -0.15) is 0 Å². The molecule has 1 rings (SSSR count). The Morgan fingerprint density at radius 2 is 2.11 bits per heavy atom. The van der Waals surface area contributed by atoms with Crippen LogP contribution in [0.4, 0.5) is 0 Å². The van der Waals surface area contributed by atoms with Crippen LogP contribution in [-0.2, 0) is 4.79 Å². The topological polar surface area (TPSA) is 55.8 Å². The lowest BCUT2D eigenvalue weighted by Gasteiger charge is -2.07. The second kappa shape index (κ2) is 7.37. The van der Waals surface area contributed by atoms with Crippen molar-refractivity contribution in [2.24, 2.45) is 0 Å². The zero-order chi connectivity index (χ0) is 13.4. The van der Waals surface area contributed by atoms with E-state index in [1.54, 1.807) is 14.2 Å². The Morgan fingerprint density at radius 1 is 1.33 bits per heavy atom. The normalized spacial score (nSPS) is 10.6. The molecular weight excluding hydrogens is 232 g/mol. The Morgan fingerprint density at radius 3 is 2.72 bits per heavy atom. The molecule has 0 atom stereocenters. The molecule has 0 aliphatic heterocycles. The van der Waals surface area contributed by atoms with Gasteiger partial charge < -0.3 is 14.6 Å². The summed E-state index contributed by atoms with van der Waals surface area (Å²) in [5.74, 6) is 0.726. The fourth-order valence-electron chi connectivity index (χ4n) is 1.54. The number of methoxy groups -OCH3 is 2. The molecule has 0 aliphatic rings. The van der Waals surface area contributed by atoms with Crippen LogP contribution < -0.4 is 9.47 Å². The molecule has 1 N–H and O–H groups in total. The minimum Gasteiger partial charge on any atom is -0.497 e. The van der Waals surface area contributed by atoms with Crippen molar-refractivity contribution in [1.82, 2.24) is 0 Å². The molecule has 0 spiro atoms. The Bertz CT molecular complexity index is 424. The van der Waals surface area contributed by atoms with Gasteiger partial charge in [0.15, 0.2) is 0 Å². The van der Waals surface area contributed by atoms with Crippen molar-refractivity contribution in [2.75, 3.05) is 14.2 Å². The number of aliphatic carboxylic acids is 1. The third-order valence-electron chi connectivity index (χ3n) is 2.50. The molecule has 98 valence electrons. The van der Waals surface area contributed by atoms with Crippen LogP contribution >= 0.6 is 0 Å². The molecule has 0 saturated heterocycles. The van der Waals surface area contributed by atoms with E-state index in [9.17, 15) is 4.79 Å². The number of carbonyl (C=O) groups is 1. The first-order valence-corrected chi connectivity index (χ1v) is 5.77. The molecule has 0 amide bonds. The first-order chi connectivity index (χ1) is 8.67. The monoisotopic (exact) mass is 250 g/mol. The van der Waals surface area contributed by atoms with Gasteiger partial charge in [-0.3, -0.25) is 4.79 Å². The summed E-state index contributed by atoms with van der Waals surface area (Å²) in [7, 11) is 3.22. The van der Waals surface area contributed by atoms with Gasteiger partial charge in [-0.25, -0.2) is 0 Å². The highest BCUT2D eigenvalue weighted by atomic mass is 16.5. The molecule has 0 bridgehead atoms. The van der Waals surface area contributed by atoms with Crippen molar-refractivity contribution >= 4 is 12.0 Å². The number of benzene rings is 1. The molecule has 0 fully saturated rings. The molecule has 0 aromatic heterocycles. The number of allylic oxidation sites excluding steroid dienone is 1. The molecule has 4 nitrogen and oxygen atoms in total. The Balaban J connectivity index is 2.60. The van der Waals surface area contributed by atoms with Crippen LogP contribution in [0.3, 0.4) is 0 Å². The van der Waals surface area contributed by atoms with Crippen LogP contribution in [0, 0.1) is 0 Å². The molecule has 0 heterocycles. The Labute approximate surface area is 107 Å². The maximum atomic E-state index is 10.3. The van der Waals surface area contributed by atoms with Gasteiger partial charge in [0.1, 0.15) is 11.5 Å². The standard InChI is InChI=1S/C14H18O4/c1-17-12-9-8-11(13(10-12)18-2)6-4-3-5-7-14(15)16/h4,6,8-10H,3,5,7H2,1-2H3,(H,15,16)/b6-4+. The van der Waals surface area contributed by atoms with Gasteiger partial charge in [-0.1, -0.05) is 12.2 Å². The largest absolute Gasteiger partial charge is 0.497 e. The van der Waals surface area contributed by atoms with Gasteiger partial charge in [0.25, 0.3) is 0 Å². The van der Waals surface area contributed by atoms with Crippen LogP contribution in [0.1, 0.15) is 24.8 Å². The molecule has 18 heavy (non-hydrogen) atoms. The number of ether oxygens (including phenoxy) is 2. The van der Waals surface area contributed by atoms with Crippen molar-refractivity contribution in [1.29, 1.82) is 0 Å². The van der Waals surface area contributed by atoms with E-state index in [4.69, 9.17) is 14.6 Å². The number of rotatable bonds is 7. The summed E-state index contributed by atoms with van der Waals surface area (Å²) in [6.45, 7) is 0. The van der Waals surface area contributed by atoms with Gasteiger partial charge in [0, 0.05) is 18.1 Å². The molecule has 0 radical (unpaired) electrons. The van der Waals surface area contributed by atoms with E-state index >= 15 is 0 Å². The second-order valence-corrected chi connectivity index (χ2v) is 3.80. The van der Waals surface area contributed by atoms with Gasteiger partial charge in [-0.15, -0.1) is 0 Å². The first-order valence-electron chi connectivity index (χ1n) is 5.77. The van der Waals surface area contributed by atoms with Crippen molar-refractivity contribution in [3.8, 4) is 11.5 Å². The molecular formula is C14H18O4. The predicted octanol–water partition coefficient (Wildman–Crippen LogP) is 2.97. The number of carboxylic acid groups (broad SMARTS) is 1. The first kappa shape index (κ1) is 14.1. The summed E-state index contributed by atoms with van der Waals surface area (Å²) in [4.78, 5) is 10.3. The fourth-order valence-corrected chi connectivity index (χ4v) is 1.54. The minimum absolute atomic E-state index is 0.198.